The van der Waals surface area contributed by atoms with Gasteiger partial charge in [-0.1, -0.05) is 97.1 Å². The molecule has 0 aliphatic carbocycles. The van der Waals surface area contributed by atoms with Gasteiger partial charge >= 0.3 is 0 Å². The lowest BCUT2D eigenvalue weighted by Gasteiger charge is -2.40. The number of benzene rings is 4. The van der Waals surface area contributed by atoms with E-state index in [-0.39, 0.29) is 5.78 Å². The number of Topliss-reactive ketones (excluding diaryl/α,β-unsaturated/α-hetero) is 1. The summed E-state index contributed by atoms with van der Waals surface area (Å²) in [6.45, 7) is 5.79. The van der Waals surface area contributed by atoms with Crippen LogP contribution in [0.2, 0.25) is 0 Å². The molecule has 0 aliphatic heterocycles. The van der Waals surface area contributed by atoms with E-state index >= 15 is 4.79 Å². The summed E-state index contributed by atoms with van der Waals surface area (Å²) >= 11 is 0. The molecule has 0 bridgehead atoms. The largest absolute Gasteiger partial charge is 0.326 e. The monoisotopic (exact) mass is 506 g/mol. The van der Waals surface area contributed by atoms with E-state index in [1.165, 1.54) is 0 Å². The number of nitrogens with two attached hydrogens (primary N) is 4. The van der Waals surface area contributed by atoms with Crippen LogP contribution < -0.4 is 22.9 Å². The van der Waals surface area contributed by atoms with Gasteiger partial charge in [0.05, 0.1) is 10.8 Å². The standard InChI is InChI=1S/C33H38N4O/c1-32(27-11-3-23(19-34)4-12-27,28-13-5-24(20-35)6-14-28)31(38)33(2,29-15-7-25(21-36)8-16-29)30-17-9-26(22-37)10-18-30/h3-18H,19-22,34-37H2,1-2H3. The van der Waals surface area contributed by atoms with Crippen LogP contribution in [0.1, 0.15) is 58.4 Å². The molecule has 0 saturated heterocycles. The molecule has 196 valence electrons. The van der Waals surface area contributed by atoms with E-state index in [0.29, 0.717) is 26.2 Å². The lowest BCUT2D eigenvalue weighted by atomic mass is 9.60. The molecule has 5 heteroatoms. The minimum atomic E-state index is -0.964. The van der Waals surface area contributed by atoms with Crippen LogP contribution in [0.25, 0.3) is 0 Å². The first kappa shape index (κ1) is 27.4. The Hall–Kier alpha value is -3.61. The Labute approximate surface area is 225 Å². The van der Waals surface area contributed by atoms with Crippen molar-refractivity contribution in [2.24, 2.45) is 22.9 Å². The third-order valence-electron chi connectivity index (χ3n) is 7.98. The van der Waals surface area contributed by atoms with E-state index in [9.17, 15) is 0 Å². The normalized spacial score (nSPS) is 11.9. The van der Waals surface area contributed by atoms with Gasteiger partial charge in [-0.2, -0.15) is 0 Å². The third-order valence-corrected chi connectivity index (χ3v) is 7.98. The zero-order chi connectivity index (χ0) is 27.3. The summed E-state index contributed by atoms with van der Waals surface area (Å²) in [7, 11) is 0. The minimum absolute atomic E-state index is 0.0620. The van der Waals surface area contributed by atoms with Crippen LogP contribution in [0.4, 0.5) is 0 Å². The van der Waals surface area contributed by atoms with Crippen molar-refractivity contribution in [1.82, 2.24) is 0 Å². The molecule has 4 aromatic rings. The van der Waals surface area contributed by atoms with Gasteiger partial charge < -0.3 is 22.9 Å². The minimum Gasteiger partial charge on any atom is -0.326 e. The number of carbonyl (C=O) groups is 1. The van der Waals surface area contributed by atoms with Gasteiger partial charge in [0.2, 0.25) is 0 Å². The second-order valence-electron chi connectivity index (χ2n) is 10.2. The van der Waals surface area contributed by atoms with Gasteiger partial charge in [0, 0.05) is 26.2 Å². The summed E-state index contributed by atoms with van der Waals surface area (Å²) in [6, 6.07) is 32.2. The second-order valence-corrected chi connectivity index (χ2v) is 10.2. The highest BCUT2D eigenvalue weighted by atomic mass is 16.1. The first-order valence-electron chi connectivity index (χ1n) is 13.0. The van der Waals surface area contributed by atoms with E-state index in [4.69, 9.17) is 22.9 Å². The third kappa shape index (κ3) is 4.94. The quantitative estimate of drug-likeness (QED) is 0.254. The van der Waals surface area contributed by atoms with Crippen LogP contribution in [0.15, 0.2) is 97.1 Å². The molecule has 38 heavy (non-hydrogen) atoms. The lowest BCUT2D eigenvalue weighted by molar-refractivity contribution is -0.126. The molecule has 0 amide bonds. The van der Waals surface area contributed by atoms with Gasteiger partial charge in [-0.25, -0.2) is 0 Å². The summed E-state index contributed by atoms with van der Waals surface area (Å²) in [5.41, 5.74) is 29.3. The van der Waals surface area contributed by atoms with Gasteiger partial charge in [0.1, 0.15) is 0 Å². The number of rotatable bonds is 10. The van der Waals surface area contributed by atoms with Crippen molar-refractivity contribution in [3.8, 4) is 0 Å². The van der Waals surface area contributed by atoms with Gasteiger partial charge in [-0.05, 0) is 58.4 Å². The highest BCUT2D eigenvalue weighted by Crippen LogP contribution is 2.44. The topological polar surface area (TPSA) is 121 Å². The zero-order valence-electron chi connectivity index (χ0n) is 22.3. The van der Waals surface area contributed by atoms with E-state index < -0.39 is 10.8 Å². The summed E-state index contributed by atoms with van der Waals surface area (Å²) in [6.07, 6.45) is 0. The molecule has 0 spiro atoms. The molecular formula is C33H38N4O. The van der Waals surface area contributed by atoms with Gasteiger partial charge in [-0.15, -0.1) is 0 Å². The highest BCUT2D eigenvalue weighted by molar-refractivity contribution is 6.03. The first-order chi connectivity index (χ1) is 18.3. The van der Waals surface area contributed by atoms with Crippen molar-refractivity contribution in [2.45, 2.75) is 50.9 Å². The average Bonchev–Trinajstić information content (AvgIpc) is 3.00. The van der Waals surface area contributed by atoms with Crippen molar-refractivity contribution in [3.05, 3.63) is 142 Å². The molecule has 0 fully saturated rings. The predicted octanol–water partition coefficient (Wildman–Crippen LogP) is 4.40. The molecule has 4 aromatic carbocycles. The van der Waals surface area contributed by atoms with Gasteiger partial charge in [-0.3, -0.25) is 4.79 Å². The lowest BCUT2D eigenvalue weighted by Crippen LogP contribution is -2.47. The second kappa shape index (κ2) is 11.4. The van der Waals surface area contributed by atoms with Crippen molar-refractivity contribution >= 4 is 5.78 Å². The Morgan fingerprint density at radius 1 is 0.447 bits per heavy atom. The number of ketones is 1. The fourth-order valence-corrected chi connectivity index (χ4v) is 5.25. The van der Waals surface area contributed by atoms with Gasteiger partial charge in [0.25, 0.3) is 0 Å². The summed E-state index contributed by atoms with van der Waals surface area (Å²) in [4.78, 5) is 15.2. The van der Waals surface area contributed by atoms with Crippen molar-refractivity contribution in [2.75, 3.05) is 0 Å². The molecular weight excluding hydrogens is 468 g/mol. The number of carbonyl (C=O) groups excluding carboxylic acids is 1. The average molecular weight is 507 g/mol. The van der Waals surface area contributed by atoms with E-state index in [2.05, 4.69) is 0 Å². The maximum atomic E-state index is 15.2. The van der Waals surface area contributed by atoms with Crippen molar-refractivity contribution in [3.63, 3.8) is 0 Å². The van der Waals surface area contributed by atoms with Crippen LogP contribution in [0, 0.1) is 0 Å². The Kier molecular flexibility index (Phi) is 8.24. The Morgan fingerprint density at radius 2 is 0.632 bits per heavy atom. The Balaban J connectivity index is 1.97. The van der Waals surface area contributed by atoms with Crippen LogP contribution in [-0.2, 0) is 41.8 Å². The smallest absolute Gasteiger partial charge is 0.162 e. The SMILES string of the molecule is CC(C(=O)C(C)(c1ccc(CN)cc1)c1ccc(CN)cc1)(c1ccc(CN)cc1)c1ccc(CN)cc1. The molecule has 0 heterocycles. The highest BCUT2D eigenvalue weighted by Gasteiger charge is 2.49. The van der Waals surface area contributed by atoms with Crippen LogP contribution in [-0.4, -0.2) is 5.78 Å². The Morgan fingerprint density at radius 3 is 0.789 bits per heavy atom. The summed E-state index contributed by atoms with van der Waals surface area (Å²) < 4.78 is 0. The molecule has 0 radical (unpaired) electrons. The van der Waals surface area contributed by atoms with E-state index in [1.807, 2.05) is 111 Å². The first-order valence-corrected chi connectivity index (χ1v) is 13.0. The van der Waals surface area contributed by atoms with Crippen molar-refractivity contribution < 1.29 is 4.79 Å². The fourth-order valence-electron chi connectivity index (χ4n) is 5.25. The van der Waals surface area contributed by atoms with Crippen molar-refractivity contribution in [1.29, 1.82) is 0 Å². The molecule has 0 aliphatic rings. The molecule has 4 rings (SSSR count). The van der Waals surface area contributed by atoms with Crippen LogP contribution in [0.5, 0.6) is 0 Å². The summed E-state index contributed by atoms with van der Waals surface area (Å²) in [5.74, 6) is 0.0620. The molecule has 0 saturated carbocycles. The van der Waals surface area contributed by atoms with E-state index in [0.717, 1.165) is 44.5 Å². The molecule has 0 atom stereocenters. The molecule has 0 aromatic heterocycles. The maximum Gasteiger partial charge on any atom is 0.162 e. The zero-order valence-corrected chi connectivity index (χ0v) is 22.3. The fraction of sp³-hybridized carbons (Fsp3) is 0.242. The number of hydrogen-bond donors (Lipinski definition) is 4. The predicted molar refractivity (Wildman–Crippen MR) is 155 cm³/mol. The molecule has 5 nitrogen and oxygen atoms in total. The Bertz CT molecular complexity index is 1160. The molecule has 0 unspecified atom stereocenters. The summed E-state index contributed by atoms with van der Waals surface area (Å²) in [5, 5.41) is 0. The van der Waals surface area contributed by atoms with Gasteiger partial charge in [0.15, 0.2) is 5.78 Å². The number of hydrogen-bond acceptors (Lipinski definition) is 5. The maximum absolute atomic E-state index is 15.2. The molecule has 8 N–H and O–H groups in total. The van der Waals surface area contributed by atoms with E-state index in [1.54, 1.807) is 0 Å². The van der Waals surface area contributed by atoms with Crippen LogP contribution in [0.3, 0.4) is 0 Å². The van der Waals surface area contributed by atoms with Crippen LogP contribution >= 0.6 is 0 Å².